The topological polar surface area (TPSA) is 89.0 Å². The van der Waals surface area contributed by atoms with Gasteiger partial charge < -0.3 is 19.5 Å². The van der Waals surface area contributed by atoms with Crippen LogP contribution in [0.3, 0.4) is 0 Å². The molecule has 1 N–H and O–H groups in total. The lowest BCUT2D eigenvalue weighted by molar-refractivity contribution is -0.140. The van der Waals surface area contributed by atoms with E-state index in [1.54, 1.807) is 49.8 Å². The Hall–Kier alpha value is -3.19. The fourth-order valence-electron chi connectivity index (χ4n) is 3.75. The van der Waals surface area contributed by atoms with Crippen molar-refractivity contribution in [1.29, 1.82) is 0 Å². The van der Waals surface area contributed by atoms with Crippen LogP contribution in [0.4, 0.5) is 0 Å². The summed E-state index contributed by atoms with van der Waals surface area (Å²) in [6.07, 6.45) is 3.79. The van der Waals surface area contributed by atoms with Gasteiger partial charge in [-0.15, -0.1) is 0 Å². The average Bonchev–Trinajstić information content (AvgIpc) is 3.03. The highest BCUT2D eigenvalue weighted by atomic mass is 16.5. The minimum absolute atomic E-state index is 0.0777. The number of amides is 1. The van der Waals surface area contributed by atoms with Gasteiger partial charge in [0, 0.05) is 38.2 Å². The first-order chi connectivity index (χ1) is 15.3. The number of aryl methyl sites for hydroxylation is 1. The van der Waals surface area contributed by atoms with Crippen LogP contribution < -0.4 is 4.74 Å². The average molecular weight is 439 g/mol. The van der Waals surface area contributed by atoms with Crippen LogP contribution in [0.2, 0.25) is 0 Å². The number of Topliss-reactive ketones (excluding diaryl/α,β-unsaturated/α-hetero) is 1. The van der Waals surface area contributed by atoms with E-state index < -0.39 is 17.7 Å². The number of pyridine rings is 1. The molecular formula is C25H30N2O5. The highest BCUT2D eigenvalue weighted by Crippen LogP contribution is 2.39. The third-order valence-electron chi connectivity index (χ3n) is 5.33. The number of ether oxygens (including phenoxy) is 2. The highest BCUT2D eigenvalue weighted by Gasteiger charge is 2.45. The van der Waals surface area contributed by atoms with E-state index in [0.29, 0.717) is 43.2 Å². The molecule has 1 saturated heterocycles. The standard InChI is InChI=1S/C25H30N2O5/c1-16(2)15-32-20-7-6-19(14-17(20)3)23(28)21-22(18-8-10-26-11-9-18)27(12-5-13-31-4)25(30)24(21)29/h6-11,14,16,22,28H,5,12-13,15H2,1-4H3/b23-21+/t22-/m0/s1. The molecule has 1 aromatic carbocycles. The van der Waals surface area contributed by atoms with E-state index in [0.717, 1.165) is 11.3 Å². The summed E-state index contributed by atoms with van der Waals surface area (Å²) in [6.45, 7) is 7.41. The number of rotatable bonds is 9. The van der Waals surface area contributed by atoms with Crippen LogP contribution in [0.15, 0.2) is 48.3 Å². The molecule has 7 heteroatoms. The lowest BCUT2D eigenvalue weighted by Crippen LogP contribution is -2.31. The summed E-state index contributed by atoms with van der Waals surface area (Å²) in [5.41, 5.74) is 2.10. The molecule has 1 aliphatic heterocycles. The molecule has 0 unspecified atom stereocenters. The van der Waals surface area contributed by atoms with Gasteiger partial charge in [-0.25, -0.2) is 0 Å². The molecule has 1 amide bonds. The van der Waals surface area contributed by atoms with Crippen LogP contribution in [0.1, 0.15) is 43.0 Å². The summed E-state index contributed by atoms with van der Waals surface area (Å²) < 4.78 is 10.9. The van der Waals surface area contributed by atoms with Crippen molar-refractivity contribution in [3.63, 3.8) is 0 Å². The molecule has 170 valence electrons. The van der Waals surface area contributed by atoms with Crippen molar-refractivity contribution in [3.8, 4) is 5.75 Å². The number of methoxy groups -OCH3 is 1. The molecule has 1 atom stereocenters. The lowest BCUT2D eigenvalue weighted by atomic mass is 9.95. The van der Waals surface area contributed by atoms with Gasteiger partial charge in [-0.05, 0) is 60.7 Å². The van der Waals surface area contributed by atoms with Gasteiger partial charge in [0.2, 0.25) is 0 Å². The summed E-state index contributed by atoms with van der Waals surface area (Å²) in [5.74, 6) is -0.409. The van der Waals surface area contributed by atoms with Gasteiger partial charge in [0.25, 0.3) is 11.7 Å². The Morgan fingerprint density at radius 2 is 1.91 bits per heavy atom. The molecule has 32 heavy (non-hydrogen) atoms. The van der Waals surface area contributed by atoms with Gasteiger partial charge in [-0.1, -0.05) is 13.8 Å². The smallest absolute Gasteiger partial charge is 0.295 e. The first kappa shape index (κ1) is 23.5. The summed E-state index contributed by atoms with van der Waals surface area (Å²) in [4.78, 5) is 31.4. The molecule has 0 spiro atoms. The van der Waals surface area contributed by atoms with E-state index >= 15 is 0 Å². The number of aliphatic hydroxyl groups excluding tert-OH is 1. The SMILES string of the molecule is COCCCN1C(=O)C(=O)/C(=C(/O)c2ccc(OCC(C)C)c(C)c2)[C@@H]1c1ccncc1. The van der Waals surface area contributed by atoms with Crippen molar-refractivity contribution < 1.29 is 24.2 Å². The Kier molecular flexibility index (Phi) is 7.64. The summed E-state index contributed by atoms with van der Waals surface area (Å²) in [6, 6.07) is 8.07. The third-order valence-corrected chi connectivity index (χ3v) is 5.33. The number of nitrogens with zero attached hydrogens (tertiary/aromatic N) is 2. The molecule has 1 fully saturated rings. The van der Waals surface area contributed by atoms with Gasteiger partial charge in [0.05, 0.1) is 18.2 Å². The largest absolute Gasteiger partial charge is 0.507 e. The van der Waals surface area contributed by atoms with Gasteiger partial charge >= 0.3 is 0 Å². The molecular weight excluding hydrogens is 408 g/mol. The van der Waals surface area contributed by atoms with Crippen molar-refractivity contribution in [3.05, 3.63) is 65.0 Å². The first-order valence-electron chi connectivity index (χ1n) is 10.8. The Morgan fingerprint density at radius 3 is 2.53 bits per heavy atom. The Morgan fingerprint density at radius 1 is 1.19 bits per heavy atom. The number of aliphatic hydroxyl groups is 1. The van der Waals surface area contributed by atoms with E-state index in [1.165, 1.54) is 4.90 Å². The molecule has 2 heterocycles. The quantitative estimate of drug-likeness (QED) is 0.277. The van der Waals surface area contributed by atoms with Crippen LogP contribution in [0, 0.1) is 12.8 Å². The van der Waals surface area contributed by atoms with Gasteiger partial charge in [0.1, 0.15) is 11.5 Å². The van der Waals surface area contributed by atoms with Crippen LogP contribution in [0.5, 0.6) is 5.75 Å². The van der Waals surface area contributed by atoms with Gasteiger partial charge in [0.15, 0.2) is 0 Å². The van der Waals surface area contributed by atoms with Crippen molar-refractivity contribution in [1.82, 2.24) is 9.88 Å². The van der Waals surface area contributed by atoms with Crippen LogP contribution in [-0.4, -0.2) is 53.5 Å². The maximum absolute atomic E-state index is 13.0. The van der Waals surface area contributed by atoms with Gasteiger partial charge in [-0.3, -0.25) is 14.6 Å². The number of likely N-dealkylation sites (tertiary alicyclic amines) is 1. The summed E-state index contributed by atoms with van der Waals surface area (Å²) in [7, 11) is 1.59. The molecule has 0 aliphatic carbocycles. The van der Waals surface area contributed by atoms with E-state index in [9.17, 15) is 14.7 Å². The highest BCUT2D eigenvalue weighted by molar-refractivity contribution is 6.46. The van der Waals surface area contributed by atoms with Crippen molar-refractivity contribution >= 4 is 17.4 Å². The number of carbonyl (C=O) groups excluding carboxylic acids is 2. The van der Waals surface area contributed by atoms with E-state index in [4.69, 9.17) is 9.47 Å². The minimum Gasteiger partial charge on any atom is -0.507 e. The Bertz CT molecular complexity index is 1000. The normalized spacial score (nSPS) is 17.9. The molecule has 0 radical (unpaired) electrons. The maximum Gasteiger partial charge on any atom is 0.295 e. The van der Waals surface area contributed by atoms with Crippen LogP contribution >= 0.6 is 0 Å². The second kappa shape index (κ2) is 10.4. The first-order valence-corrected chi connectivity index (χ1v) is 10.8. The Labute approximate surface area is 188 Å². The molecule has 1 aromatic heterocycles. The second-order valence-electron chi connectivity index (χ2n) is 8.30. The van der Waals surface area contributed by atoms with E-state index in [1.807, 2.05) is 6.92 Å². The number of hydrogen-bond acceptors (Lipinski definition) is 6. The maximum atomic E-state index is 13.0. The van der Waals surface area contributed by atoms with Crippen molar-refractivity contribution in [2.24, 2.45) is 5.92 Å². The minimum atomic E-state index is -0.695. The molecule has 0 bridgehead atoms. The molecule has 3 rings (SSSR count). The predicted octanol–water partition coefficient (Wildman–Crippen LogP) is 3.88. The third kappa shape index (κ3) is 4.99. The number of carbonyl (C=O) groups is 2. The van der Waals surface area contributed by atoms with Crippen LogP contribution in [0.25, 0.3) is 5.76 Å². The fourth-order valence-corrected chi connectivity index (χ4v) is 3.75. The monoisotopic (exact) mass is 438 g/mol. The predicted molar refractivity (Wildman–Crippen MR) is 121 cm³/mol. The summed E-state index contributed by atoms with van der Waals surface area (Å²) >= 11 is 0. The van der Waals surface area contributed by atoms with Crippen molar-refractivity contribution in [2.45, 2.75) is 33.2 Å². The molecule has 1 aliphatic rings. The van der Waals surface area contributed by atoms with Crippen molar-refractivity contribution in [2.75, 3.05) is 26.9 Å². The number of benzene rings is 1. The molecule has 7 nitrogen and oxygen atoms in total. The van der Waals surface area contributed by atoms with E-state index in [-0.39, 0.29) is 11.3 Å². The zero-order valence-corrected chi connectivity index (χ0v) is 19.0. The lowest BCUT2D eigenvalue weighted by Gasteiger charge is -2.25. The second-order valence-corrected chi connectivity index (χ2v) is 8.30. The number of ketones is 1. The number of hydrogen-bond donors (Lipinski definition) is 1. The number of aromatic nitrogens is 1. The molecule has 2 aromatic rings. The van der Waals surface area contributed by atoms with Crippen LogP contribution in [-0.2, 0) is 14.3 Å². The zero-order valence-electron chi connectivity index (χ0n) is 19.0. The van der Waals surface area contributed by atoms with Gasteiger partial charge in [-0.2, -0.15) is 0 Å². The fraction of sp³-hybridized carbons (Fsp3) is 0.400. The molecule has 0 saturated carbocycles. The summed E-state index contributed by atoms with van der Waals surface area (Å²) in [5, 5.41) is 11.2. The van der Waals surface area contributed by atoms with E-state index in [2.05, 4.69) is 18.8 Å². The zero-order chi connectivity index (χ0) is 23.3. The Balaban J connectivity index is 2.03.